The van der Waals surface area contributed by atoms with Crippen molar-refractivity contribution in [3.63, 3.8) is 0 Å². The third-order valence-electron chi connectivity index (χ3n) is 6.12. The van der Waals surface area contributed by atoms with Gasteiger partial charge in [0.15, 0.2) is 5.78 Å². The summed E-state index contributed by atoms with van der Waals surface area (Å²) < 4.78 is 17.4. The van der Waals surface area contributed by atoms with Crippen molar-refractivity contribution in [3.8, 4) is 28.7 Å². The van der Waals surface area contributed by atoms with Gasteiger partial charge in [0, 0.05) is 19.3 Å². The topological polar surface area (TPSA) is 68.6 Å². The van der Waals surface area contributed by atoms with Gasteiger partial charge in [0.2, 0.25) is 0 Å². The minimum absolute atomic E-state index is 0.0841. The van der Waals surface area contributed by atoms with Gasteiger partial charge in [-0.3, -0.25) is 4.79 Å². The minimum Gasteiger partial charge on any atom is -0.496 e. The molecule has 0 saturated carbocycles. The van der Waals surface area contributed by atoms with E-state index in [9.17, 15) is 4.79 Å². The predicted octanol–water partition coefficient (Wildman–Crippen LogP) is 4.71. The van der Waals surface area contributed by atoms with Gasteiger partial charge in [-0.25, -0.2) is 0 Å². The van der Waals surface area contributed by atoms with Crippen molar-refractivity contribution in [3.05, 3.63) is 47.5 Å². The van der Waals surface area contributed by atoms with E-state index in [1.807, 2.05) is 37.3 Å². The second kappa shape index (κ2) is 7.88. The molecule has 0 amide bonds. The molecular weight excluding hydrogens is 366 g/mol. The molecule has 1 spiro atoms. The molecule has 0 bridgehead atoms. The first kappa shape index (κ1) is 19.5. The van der Waals surface area contributed by atoms with Crippen molar-refractivity contribution in [2.75, 3.05) is 20.3 Å². The Labute approximate surface area is 171 Å². The molecule has 1 fully saturated rings. The fraction of sp³-hybridized carbons (Fsp3) is 0.417. The Hall–Kier alpha value is -2.84. The highest BCUT2D eigenvalue weighted by Gasteiger charge is 2.50. The van der Waals surface area contributed by atoms with Crippen LogP contribution in [0.25, 0.3) is 11.1 Å². The minimum atomic E-state index is -0.576. The Bertz CT molecular complexity index is 969. The van der Waals surface area contributed by atoms with Gasteiger partial charge in [0.1, 0.15) is 17.1 Å². The molecule has 0 aliphatic carbocycles. The monoisotopic (exact) mass is 391 g/mol. The molecule has 2 aliphatic heterocycles. The number of ketones is 1. The molecule has 150 valence electrons. The normalized spacial score (nSPS) is 19.9. The van der Waals surface area contributed by atoms with E-state index in [1.165, 1.54) is 0 Å². The van der Waals surface area contributed by atoms with Gasteiger partial charge in [-0.15, -0.1) is 0 Å². The summed E-state index contributed by atoms with van der Waals surface area (Å²) in [7, 11) is 1.66. The van der Waals surface area contributed by atoms with Gasteiger partial charge >= 0.3 is 0 Å². The average molecular weight is 391 g/mol. The molecule has 4 rings (SSSR count). The number of ether oxygens (including phenoxy) is 3. The zero-order valence-corrected chi connectivity index (χ0v) is 16.9. The number of fused-ring (bicyclic) bond motifs is 1. The van der Waals surface area contributed by atoms with E-state index in [2.05, 4.69) is 12.1 Å². The number of benzene rings is 2. The van der Waals surface area contributed by atoms with E-state index < -0.39 is 5.60 Å². The number of methoxy groups -OCH3 is 1. The van der Waals surface area contributed by atoms with Gasteiger partial charge in [-0.1, -0.05) is 12.1 Å². The van der Waals surface area contributed by atoms with Gasteiger partial charge in [0.25, 0.3) is 0 Å². The number of rotatable bonds is 4. The van der Waals surface area contributed by atoms with Crippen molar-refractivity contribution in [2.24, 2.45) is 5.92 Å². The van der Waals surface area contributed by atoms with Gasteiger partial charge in [-0.05, 0) is 54.3 Å². The largest absolute Gasteiger partial charge is 0.496 e. The molecule has 5 heteroatoms. The Balaban J connectivity index is 1.73. The second-order valence-electron chi connectivity index (χ2n) is 7.79. The van der Waals surface area contributed by atoms with Crippen molar-refractivity contribution in [1.82, 2.24) is 0 Å². The Kier molecular flexibility index (Phi) is 5.29. The van der Waals surface area contributed by atoms with Crippen LogP contribution in [-0.2, 0) is 4.74 Å². The van der Waals surface area contributed by atoms with Crippen LogP contribution in [0.5, 0.6) is 11.5 Å². The van der Waals surface area contributed by atoms with E-state index in [0.29, 0.717) is 50.2 Å². The molecule has 2 aliphatic rings. The number of hydrogen-bond acceptors (Lipinski definition) is 5. The maximum absolute atomic E-state index is 13.3. The lowest BCUT2D eigenvalue weighted by molar-refractivity contribution is -0.0790. The molecule has 0 aromatic heterocycles. The first-order valence-corrected chi connectivity index (χ1v) is 10.0. The first-order chi connectivity index (χ1) is 14.1. The molecule has 2 heterocycles. The van der Waals surface area contributed by atoms with Crippen LogP contribution < -0.4 is 9.47 Å². The van der Waals surface area contributed by atoms with Gasteiger partial charge in [-0.2, -0.15) is 5.26 Å². The van der Waals surface area contributed by atoms with E-state index in [1.54, 1.807) is 7.11 Å². The van der Waals surface area contributed by atoms with Crippen LogP contribution in [0.15, 0.2) is 36.4 Å². The lowest BCUT2D eigenvalue weighted by Crippen LogP contribution is -2.53. The SMILES string of the molecule is COc1ccc(-c2ccc3c(c2)OC2(CCOCC2)C(CCC#N)C3=O)cc1C. The van der Waals surface area contributed by atoms with Crippen LogP contribution in [0, 0.1) is 24.2 Å². The summed E-state index contributed by atoms with van der Waals surface area (Å²) in [4.78, 5) is 13.3. The highest BCUT2D eigenvalue weighted by molar-refractivity contribution is 6.02. The number of aryl methyl sites for hydroxylation is 1. The zero-order chi connectivity index (χ0) is 20.4. The Morgan fingerprint density at radius 2 is 1.90 bits per heavy atom. The van der Waals surface area contributed by atoms with Crippen molar-refractivity contribution in [2.45, 2.75) is 38.2 Å². The molecule has 0 N–H and O–H groups in total. The lowest BCUT2D eigenvalue weighted by Gasteiger charge is -2.46. The number of nitriles is 1. The van der Waals surface area contributed by atoms with Crippen LogP contribution in [-0.4, -0.2) is 31.7 Å². The van der Waals surface area contributed by atoms with Crippen LogP contribution in [0.1, 0.15) is 41.6 Å². The van der Waals surface area contributed by atoms with Crippen LogP contribution in [0.2, 0.25) is 0 Å². The van der Waals surface area contributed by atoms with E-state index in [4.69, 9.17) is 19.5 Å². The third-order valence-corrected chi connectivity index (χ3v) is 6.12. The molecule has 29 heavy (non-hydrogen) atoms. The maximum Gasteiger partial charge on any atom is 0.173 e. The van der Waals surface area contributed by atoms with Crippen molar-refractivity contribution < 1.29 is 19.0 Å². The van der Waals surface area contributed by atoms with Crippen molar-refractivity contribution >= 4 is 5.78 Å². The summed E-state index contributed by atoms with van der Waals surface area (Å²) in [5.41, 5.74) is 3.14. The second-order valence-corrected chi connectivity index (χ2v) is 7.79. The van der Waals surface area contributed by atoms with Crippen LogP contribution in [0.4, 0.5) is 0 Å². The number of hydrogen-bond donors (Lipinski definition) is 0. The Morgan fingerprint density at radius 3 is 2.59 bits per heavy atom. The molecule has 1 saturated heterocycles. The average Bonchev–Trinajstić information content (AvgIpc) is 2.74. The summed E-state index contributed by atoms with van der Waals surface area (Å²) in [6.07, 6.45) is 2.20. The fourth-order valence-electron chi connectivity index (χ4n) is 4.54. The van der Waals surface area contributed by atoms with Crippen molar-refractivity contribution in [1.29, 1.82) is 5.26 Å². The highest BCUT2D eigenvalue weighted by atomic mass is 16.5. The summed E-state index contributed by atoms with van der Waals surface area (Å²) in [5, 5.41) is 9.05. The number of Topliss-reactive ketones (excluding diaryl/α,β-unsaturated/α-hetero) is 1. The third kappa shape index (κ3) is 3.49. The molecule has 0 radical (unpaired) electrons. The van der Waals surface area contributed by atoms with Gasteiger partial charge in [0.05, 0.1) is 37.9 Å². The van der Waals surface area contributed by atoms with Crippen LogP contribution >= 0.6 is 0 Å². The lowest BCUT2D eigenvalue weighted by atomic mass is 9.72. The standard InChI is InChI=1S/C24H25NO4/c1-16-14-17(6-8-21(16)27-2)18-5-7-19-22(15-18)29-24(9-12-28-13-10-24)20(23(19)26)4-3-11-25/h5-8,14-15,20H,3-4,9-10,12-13H2,1-2H3. The number of nitrogens with zero attached hydrogens (tertiary/aromatic N) is 1. The molecule has 5 nitrogen and oxygen atoms in total. The summed E-state index contributed by atoms with van der Waals surface area (Å²) >= 11 is 0. The zero-order valence-electron chi connectivity index (χ0n) is 16.9. The molecule has 1 unspecified atom stereocenters. The summed E-state index contributed by atoms with van der Waals surface area (Å²) in [5.74, 6) is 1.27. The van der Waals surface area contributed by atoms with E-state index in [0.717, 1.165) is 22.4 Å². The predicted molar refractivity (Wildman–Crippen MR) is 109 cm³/mol. The molecule has 2 aromatic rings. The first-order valence-electron chi connectivity index (χ1n) is 10.0. The fourth-order valence-corrected chi connectivity index (χ4v) is 4.54. The number of carbonyl (C=O) groups excluding carboxylic acids is 1. The summed E-state index contributed by atoms with van der Waals surface area (Å²) in [6.45, 7) is 3.16. The quantitative estimate of drug-likeness (QED) is 0.755. The molecule has 2 aromatic carbocycles. The summed E-state index contributed by atoms with van der Waals surface area (Å²) in [6, 6.07) is 14.0. The molecule has 1 atom stereocenters. The Morgan fingerprint density at radius 1 is 1.17 bits per heavy atom. The van der Waals surface area contributed by atoms with Crippen LogP contribution in [0.3, 0.4) is 0 Å². The van der Waals surface area contributed by atoms with E-state index in [-0.39, 0.29) is 11.7 Å². The van der Waals surface area contributed by atoms with Gasteiger partial charge < -0.3 is 14.2 Å². The maximum atomic E-state index is 13.3. The number of carbonyl (C=O) groups is 1. The molecular formula is C24H25NO4. The highest BCUT2D eigenvalue weighted by Crippen LogP contribution is 2.45. The van der Waals surface area contributed by atoms with E-state index >= 15 is 0 Å². The smallest absolute Gasteiger partial charge is 0.173 e.